The summed E-state index contributed by atoms with van der Waals surface area (Å²) in [6, 6.07) is 6.62. The first kappa shape index (κ1) is 15.4. The number of rotatable bonds is 4. The molecule has 0 aliphatic carbocycles. The van der Waals surface area contributed by atoms with Crippen molar-refractivity contribution in [1.29, 1.82) is 0 Å². The Balaban J connectivity index is 2.34. The van der Waals surface area contributed by atoms with Gasteiger partial charge in [-0.25, -0.2) is 0 Å². The molecule has 0 aliphatic heterocycles. The average Bonchev–Trinajstić information content (AvgIpc) is 2.44. The van der Waals surface area contributed by atoms with E-state index in [1.807, 2.05) is 6.07 Å². The van der Waals surface area contributed by atoms with Gasteiger partial charge in [0, 0.05) is 11.8 Å². The van der Waals surface area contributed by atoms with E-state index in [2.05, 4.69) is 11.9 Å². The summed E-state index contributed by atoms with van der Waals surface area (Å²) in [6.45, 7) is 2.09. The fraction of sp³-hybridized carbons (Fsp3) is 0.312. The van der Waals surface area contributed by atoms with Gasteiger partial charge >= 0.3 is 6.18 Å². The molecule has 0 amide bonds. The van der Waals surface area contributed by atoms with Crippen molar-refractivity contribution in [3.63, 3.8) is 0 Å². The van der Waals surface area contributed by atoms with Crippen molar-refractivity contribution in [2.75, 3.05) is 0 Å². The topological polar surface area (TPSA) is 33.1 Å². The molecular formula is C16H16F3NO. The van der Waals surface area contributed by atoms with Crippen LogP contribution in [-0.4, -0.2) is 10.1 Å². The monoisotopic (exact) mass is 295 g/mol. The Bertz CT molecular complexity index is 623. The minimum Gasteiger partial charge on any atom is -0.507 e. The third-order valence-electron chi connectivity index (χ3n) is 3.24. The molecule has 0 saturated heterocycles. The molecule has 1 N–H and O–H groups in total. The van der Waals surface area contributed by atoms with Crippen molar-refractivity contribution in [3.8, 4) is 17.0 Å². The Hall–Kier alpha value is -2.04. The SMILES string of the molecule is CCCCc1ccnc(-c2ccc(C(F)(F)F)cc2O)c1. The van der Waals surface area contributed by atoms with Crippen LogP contribution in [-0.2, 0) is 12.6 Å². The van der Waals surface area contributed by atoms with Gasteiger partial charge < -0.3 is 5.11 Å². The zero-order chi connectivity index (χ0) is 15.5. The van der Waals surface area contributed by atoms with Gasteiger partial charge in [0.05, 0.1) is 11.3 Å². The standard InChI is InChI=1S/C16H16F3NO/c1-2-3-4-11-7-8-20-14(9-11)13-6-5-12(10-15(13)21)16(17,18)19/h5-10,21H,2-4H2,1H3. The van der Waals surface area contributed by atoms with Crippen molar-refractivity contribution in [2.24, 2.45) is 0 Å². The number of pyridine rings is 1. The fourth-order valence-corrected chi connectivity index (χ4v) is 2.08. The first-order valence-electron chi connectivity index (χ1n) is 6.77. The molecule has 1 aromatic carbocycles. The van der Waals surface area contributed by atoms with Crippen LogP contribution < -0.4 is 0 Å². The van der Waals surface area contributed by atoms with Gasteiger partial charge in [-0.2, -0.15) is 13.2 Å². The molecule has 1 heterocycles. The lowest BCUT2D eigenvalue weighted by atomic mass is 10.0. The van der Waals surface area contributed by atoms with E-state index in [0.29, 0.717) is 11.3 Å². The summed E-state index contributed by atoms with van der Waals surface area (Å²) in [4.78, 5) is 4.13. The minimum atomic E-state index is -4.47. The van der Waals surface area contributed by atoms with E-state index in [0.717, 1.165) is 37.0 Å². The third-order valence-corrected chi connectivity index (χ3v) is 3.24. The molecule has 112 valence electrons. The Kier molecular flexibility index (Phi) is 4.50. The number of nitrogens with zero attached hydrogens (tertiary/aromatic N) is 1. The number of aryl methyl sites for hydroxylation is 1. The van der Waals surface area contributed by atoms with E-state index in [4.69, 9.17) is 0 Å². The zero-order valence-corrected chi connectivity index (χ0v) is 11.6. The molecular weight excluding hydrogens is 279 g/mol. The summed E-state index contributed by atoms with van der Waals surface area (Å²) in [6.07, 6.45) is 0.114. The van der Waals surface area contributed by atoms with Gasteiger partial charge in [0.25, 0.3) is 0 Å². The van der Waals surface area contributed by atoms with Gasteiger partial charge in [0.2, 0.25) is 0 Å². The normalized spacial score (nSPS) is 11.6. The predicted molar refractivity (Wildman–Crippen MR) is 75.0 cm³/mol. The van der Waals surface area contributed by atoms with Crippen molar-refractivity contribution < 1.29 is 18.3 Å². The van der Waals surface area contributed by atoms with E-state index < -0.39 is 17.5 Å². The smallest absolute Gasteiger partial charge is 0.416 e. The van der Waals surface area contributed by atoms with E-state index in [9.17, 15) is 18.3 Å². The van der Waals surface area contributed by atoms with Gasteiger partial charge in [-0.15, -0.1) is 0 Å². The van der Waals surface area contributed by atoms with Gasteiger partial charge in [-0.05, 0) is 48.7 Å². The minimum absolute atomic E-state index is 0.307. The van der Waals surface area contributed by atoms with Gasteiger partial charge in [-0.3, -0.25) is 4.98 Å². The number of alkyl halides is 3. The van der Waals surface area contributed by atoms with Crippen LogP contribution in [0.25, 0.3) is 11.3 Å². The summed E-state index contributed by atoms with van der Waals surface area (Å²) in [5, 5.41) is 9.84. The van der Waals surface area contributed by atoms with Crippen molar-refractivity contribution >= 4 is 0 Å². The predicted octanol–water partition coefficient (Wildman–Crippen LogP) is 4.82. The number of hydrogen-bond donors (Lipinski definition) is 1. The van der Waals surface area contributed by atoms with Crippen LogP contribution in [0.1, 0.15) is 30.9 Å². The van der Waals surface area contributed by atoms with Crippen LogP contribution >= 0.6 is 0 Å². The number of aromatic hydroxyl groups is 1. The van der Waals surface area contributed by atoms with E-state index >= 15 is 0 Å². The number of halogens is 3. The van der Waals surface area contributed by atoms with Crippen LogP contribution in [0.3, 0.4) is 0 Å². The molecule has 0 atom stereocenters. The Morgan fingerprint density at radius 1 is 1.14 bits per heavy atom. The highest BCUT2D eigenvalue weighted by Crippen LogP contribution is 2.36. The Morgan fingerprint density at radius 2 is 1.90 bits per heavy atom. The van der Waals surface area contributed by atoms with Crippen LogP contribution in [0.15, 0.2) is 36.5 Å². The summed E-state index contributed by atoms with van der Waals surface area (Å²) in [7, 11) is 0. The third kappa shape index (κ3) is 3.74. The fourth-order valence-electron chi connectivity index (χ4n) is 2.08. The quantitative estimate of drug-likeness (QED) is 0.877. The van der Waals surface area contributed by atoms with Gasteiger partial charge in [-0.1, -0.05) is 13.3 Å². The molecule has 0 spiro atoms. The summed E-state index contributed by atoms with van der Waals surface area (Å²) >= 11 is 0. The zero-order valence-electron chi connectivity index (χ0n) is 11.6. The molecule has 5 heteroatoms. The second kappa shape index (κ2) is 6.16. The molecule has 0 unspecified atom stereocenters. The molecule has 0 aliphatic rings. The lowest BCUT2D eigenvalue weighted by Gasteiger charge is -2.10. The van der Waals surface area contributed by atoms with Crippen molar-refractivity contribution in [1.82, 2.24) is 4.98 Å². The molecule has 2 aromatic rings. The summed E-state index contributed by atoms with van der Waals surface area (Å²) in [5.41, 5.74) is 0.975. The maximum absolute atomic E-state index is 12.6. The van der Waals surface area contributed by atoms with E-state index in [-0.39, 0.29) is 0 Å². The summed E-state index contributed by atoms with van der Waals surface area (Å²) < 4.78 is 37.7. The highest BCUT2D eigenvalue weighted by Gasteiger charge is 2.31. The highest BCUT2D eigenvalue weighted by molar-refractivity contribution is 5.67. The molecule has 0 bridgehead atoms. The lowest BCUT2D eigenvalue weighted by molar-refractivity contribution is -0.137. The van der Waals surface area contributed by atoms with Crippen molar-refractivity contribution in [2.45, 2.75) is 32.4 Å². The second-order valence-corrected chi connectivity index (χ2v) is 4.88. The molecule has 21 heavy (non-hydrogen) atoms. The number of unbranched alkanes of at least 4 members (excludes halogenated alkanes) is 1. The highest BCUT2D eigenvalue weighted by atomic mass is 19.4. The summed E-state index contributed by atoms with van der Waals surface area (Å²) in [5.74, 6) is -0.412. The maximum Gasteiger partial charge on any atom is 0.416 e. The molecule has 0 saturated carbocycles. The maximum atomic E-state index is 12.6. The van der Waals surface area contributed by atoms with Crippen LogP contribution in [0.4, 0.5) is 13.2 Å². The van der Waals surface area contributed by atoms with Crippen molar-refractivity contribution in [3.05, 3.63) is 47.7 Å². The Labute approximate surface area is 121 Å². The van der Waals surface area contributed by atoms with Gasteiger partial charge in [0.15, 0.2) is 0 Å². The van der Waals surface area contributed by atoms with Gasteiger partial charge in [0.1, 0.15) is 5.75 Å². The Morgan fingerprint density at radius 3 is 2.52 bits per heavy atom. The molecule has 1 aromatic heterocycles. The van der Waals surface area contributed by atoms with E-state index in [1.54, 1.807) is 12.3 Å². The second-order valence-electron chi connectivity index (χ2n) is 4.88. The molecule has 0 radical (unpaired) electrons. The molecule has 2 rings (SSSR count). The van der Waals surface area contributed by atoms with Crippen LogP contribution in [0, 0.1) is 0 Å². The number of phenols is 1. The first-order chi connectivity index (χ1) is 9.91. The molecule has 0 fully saturated rings. The largest absolute Gasteiger partial charge is 0.507 e. The number of benzene rings is 1. The average molecular weight is 295 g/mol. The van der Waals surface area contributed by atoms with Crippen LogP contribution in [0.2, 0.25) is 0 Å². The number of aromatic nitrogens is 1. The van der Waals surface area contributed by atoms with E-state index in [1.165, 1.54) is 6.07 Å². The lowest BCUT2D eigenvalue weighted by Crippen LogP contribution is -2.04. The number of phenolic OH excluding ortho intramolecular Hbond substituents is 1. The molecule has 2 nitrogen and oxygen atoms in total. The van der Waals surface area contributed by atoms with Crippen LogP contribution in [0.5, 0.6) is 5.75 Å². The first-order valence-corrected chi connectivity index (χ1v) is 6.77. The number of hydrogen-bond acceptors (Lipinski definition) is 2.